The minimum absolute atomic E-state index is 0.00750. The number of rotatable bonds is 3. The number of hydrogen-bond acceptors (Lipinski definition) is 3. The fourth-order valence-corrected chi connectivity index (χ4v) is 3.45. The van der Waals surface area contributed by atoms with E-state index in [0.717, 1.165) is 38.5 Å². The van der Waals surface area contributed by atoms with Crippen LogP contribution < -0.4 is 0 Å². The standard InChI is InChI=1S/C16H26O4/c1-16(2)9-7-11(8-10-16)20-15(19)13-6-4-3-5-12(13)14(17)18/h11-13H,3-10H2,1-2H3,(H,17,18). The van der Waals surface area contributed by atoms with Crippen molar-refractivity contribution in [2.75, 3.05) is 0 Å². The van der Waals surface area contributed by atoms with Gasteiger partial charge in [-0.15, -0.1) is 0 Å². The molecule has 0 aliphatic heterocycles. The third-order valence-corrected chi connectivity index (χ3v) is 4.95. The number of esters is 1. The van der Waals surface area contributed by atoms with Crippen molar-refractivity contribution in [3.63, 3.8) is 0 Å². The molecule has 2 unspecified atom stereocenters. The first-order chi connectivity index (χ1) is 9.39. The van der Waals surface area contributed by atoms with Crippen LogP contribution in [0.25, 0.3) is 0 Å². The van der Waals surface area contributed by atoms with Crippen molar-refractivity contribution in [3.05, 3.63) is 0 Å². The molecule has 0 heterocycles. The summed E-state index contributed by atoms with van der Waals surface area (Å²) in [5.41, 5.74) is 0.345. The number of carboxylic acid groups (broad SMARTS) is 1. The summed E-state index contributed by atoms with van der Waals surface area (Å²) in [5.74, 6) is -2.11. The van der Waals surface area contributed by atoms with E-state index in [9.17, 15) is 14.7 Å². The van der Waals surface area contributed by atoms with E-state index in [1.807, 2.05) is 0 Å². The lowest BCUT2D eigenvalue weighted by molar-refractivity contribution is -0.165. The van der Waals surface area contributed by atoms with Crippen LogP contribution in [0.3, 0.4) is 0 Å². The van der Waals surface area contributed by atoms with Crippen molar-refractivity contribution < 1.29 is 19.4 Å². The molecule has 2 aliphatic carbocycles. The summed E-state index contributed by atoms with van der Waals surface area (Å²) in [5, 5.41) is 9.22. The predicted molar refractivity (Wildman–Crippen MR) is 75.2 cm³/mol. The van der Waals surface area contributed by atoms with Gasteiger partial charge in [0.25, 0.3) is 0 Å². The summed E-state index contributed by atoms with van der Waals surface area (Å²) in [7, 11) is 0. The third-order valence-electron chi connectivity index (χ3n) is 4.95. The number of carboxylic acids is 1. The van der Waals surface area contributed by atoms with E-state index in [4.69, 9.17) is 4.74 Å². The second-order valence-corrected chi connectivity index (χ2v) is 7.14. The summed E-state index contributed by atoms with van der Waals surface area (Å²) in [6.07, 6.45) is 7.04. The Morgan fingerprint density at radius 2 is 1.55 bits per heavy atom. The topological polar surface area (TPSA) is 63.6 Å². The van der Waals surface area contributed by atoms with Crippen LogP contribution in [-0.4, -0.2) is 23.1 Å². The average molecular weight is 282 g/mol. The average Bonchev–Trinajstić information content (AvgIpc) is 2.41. The molecule has 0 aromatic carbocycles. The molecule has 0 aromatic heterocycles. The molecule has 20 heavy (non-hydrogen) atoms. The zero-order chi connectivity index (χ0) is 14.8. The molecule has 2 atom stereocenters. The van der Waals surface area contributed by atoms with Gasteiger partial charge in [-0.05, 0) is 43.9 Å². The Morgan fingerprint density at radius 1 is 1.00 bits per heavy atom. The van der Waals surface area contributed by atoms with Crippen LogP contribution >= 0.6 is 0 Å². The maximum Gasteiger partial charge on any atom is 0.310 e. The van der Waals surface area contributed by atoms with Gasteiger partial charge in [-0.3, -0.25) is 9.59 Å². The van der Waals surface area contributed by atoms with Crippen molar-refractivity contribution in [2.24, 2.45) is 17.3 Å². The van der Waals surface area contributed by atoms with E-state index in [1.54, 1.807) is 0 Å². The molecule has 114 valence electrons. The molecule has 4 heteroatoms. The Bertz CT molecular complexity index is 365. The second kappa shape index (κ2) is 6.15. The monoisotopic (exact) mass is 282 g/mol. The van der Waals surface area contributed by atoms with Gasteiger partial charge in [0.05, 0.1) is 11.8 Å². The highest BCUT2D eigenvalue weighted by Crippen LogP contribution is 2.37. The number of aliphatic carboxylic acids is 1. The first-order valence-electron chi connectivity index (χ1n) is 7.82. The van der Waals surface area contributed by atoms with E-state index in [-0.39, 0.29) is 12.1 Å². The molecular weight excluding hydrogens is 256 g/mol. The van der Waals surface area contributed by atoms with Crippen molar-refractivity contribution in [1.29, 1.82) is 0 Å². The Balaban J connectivity index is 1.89. The van der Waals surface area contributed by atoms with Gasteiger partial charge in [0.2, 0.25) is 0 Å². The van der Waals surface area contributed by atoms with Crippen molar-refractivity contribution >= 4 is 11.9 Å². The number of carbonyl (C=O) groups excluding carboxylic acids is 1. The van der Waals surface area contributed by atoms with E-state index in [2.05, 4.69) is 13.8 Å². The second-order valence-electron chi connectivity index (χ2n) is 7.14. The van der Waals surface area contributed by atoms with Crippen molar-refractivity contribution in [2.45, 2.75) is 71.3 Å². The SMILES string of the molecule is CC1(C)CCC(OC(=O)C2CCCCC2C(=O)O)CC1. The molecular formula is C16H26O4. The summed E-state index contributed by atoms with van der Waals surface area (Å²) in [6.45, 7) is 4.49. The molecule has 0 aromatic rings. The summed E-state index contributed by atoms with van der Waals surface area (Å²) in [4.78, 5) is 23.5. The first kappa shape index (κ1) is 15.3. The van der Waals surface area contributed by atoms with Crippen LogP contribution in [0.4, 0.5) is 0 Å². The highest BCUT2D eigenvalue weighted by atomic mass is 16.5. The van der Waals surface area contributed by atoms with Crippen LogP contribution in [-0.2, 0) is 14.3 Å². The quantitative estimate of drug-likeness (QED) is 0.806. The smallest absolute Gasteiger partial charge is 0.310 e. The molecule has 0 amide bonds. The normalized spacial score (nSPS) is 30.7. The van der Waals surface area contributed by atoms with E-state index < -0.39 is 17.8 Å². The van der Waals surface area contributed by atoms with Gasteiger partial charge in [-0.1, -0.05) is 26.7 Å². The summed E-state index contributed by atoms with van der Waals surface area (Å²) in [6, 6.07) is 0. The van der Waals surface area contributed by atoms with Gasteiger partial charge in [-0.25, -0.2) is 0 Å². The van der Waals surface area contributed by atoms with Gasteiger partial charge >= 0.3 is 11.9 Å². The van der Waals surface area contributed by atoms with E-state index in [0.29, 0.717) is 18.3 Å². The molecule has 0 spiro atoms. The van der Waals surface area contributed by atoms with E-state index >= 15 is 0 Å². The molecule has 0 bridgehead atoms. The van der Waals surface area contributed by atoms with Crippen LogP contribution in [0, 0.1) is 17.3 Å². The fraction of sp³-hybridized carbons (Fsp3) is 0.875. The predicted octanol–water partition coefficient (Wildman–Crippen LogP) is 3.39. The molecule has 0 radical (unpaired) electrons. The van der Waals surface area contributed by atoms with Gasteiger partial charge in [0.1, 0.15) is 6.10 Å². The molecule has 2 fully saturated rings. The maximum absolute atomic E-state index is 12.3. The lowest BCUT2D eigenvalue weighted by Crippen LogP contribution is -2.37. The van der Waals surface area contributed by atoms with Crippen molar-refractivity contribution in [1.82, 2.24) is 0 Å². The first-order valence-corrected chi connectivity index (χ1v) is 7.82. The van der Waals surface area contributed by atoms with Gasteiger partial charge in [0.15, 0.2) is 0 Å². The Labute approximate surface area is 120 Å². The van der Waals surface area contributed by atoms with E-state index in [1.165, 1.54) is 0 Å². The van der Waals surface area contributed by atoms with Gasteiger partial charge < -0.3 is 9.84 Å². The van der Waals surface area contributed by atoms with Crippen LogP contribution in [0.2, 0.25) is 0 Å². The largest absolute Gasteiger partial charge is 0.481 e. The molecule has 2 aliphatic rings. The highest BCUT2D eigenvalue weighted by Gasteiger charge is 2.38. The number of ether oxygens (including phenoxy) is 1. The molecule has 1 N–H and O–H groups in total. The maximum atomic E-state index is 12.3. The molecule has 2 saturated carbocycles. The van der Waals surface area contributed by atoms with Gasteiger partial charge in [0, 0.05) is 0 Å². The van der Waals surface area contributed by atoms with Crippen LogP contribution in [0.15, 0.2) is 0 Å². The number of hydrogen-bond donors (Lipinski definition) is 1. The minimum atomic E-state index is -0.851. The lowest BCUT2D eigenvalue weighted by atomic mass is 9.76. The van der Waals surface area contributed by atoms with Crippen molar-refractivity contribution in [3.8, 4) is 0 Å². The third kappa shape index (κ3) is 3.74. The summed E-state index contributed by atoms with van der Waals surface area (Å²) < 4.78 is 5.60. The number of carbonyl (C=O) groups is 2. The fourth-order valence-electron chi connectivity index (χ4n) is 3.45. The lowest BCUT2D eigenvalue weighted by Gasteiger charge is -2.35. The molecule has 4 nitrogen and oxygen atoms in total. The van der Waals surface area contributed by atoms with Crippen LogP contribution in [0.5, 0.6) is 0 Å². The van der Waals surface area contributed by atoms with Gasteiger partial charge in [-0.2, -0.15) is 0 Å². The zero-order valence-corrected chi connectivity index (χ0v) is 12.6. The minimum Gasteiger partial charge on any atom is -0.481 e. The molecule has 2 rings (SSSR count). The molecule has 0 saturated heterocycles. The summed E-state index contributed by atoms with van der Waals surface area (Å²) >= 11 is 0. The Kier molecular flexibility index (Phi) is 4.71. The highest BCUT2D eigenvalue weighted by molar-refractivity contribution is 5.81. The Morgan fingerprint density at radius 3 is 2.10 bits per heavy atom. The zero-order valence-electron chi connectivity index (χ0n) is 12.6. The Hall–Kier alpha value is -1.06. The van der Waals surface area contributed by atoms with Crippen LogP contribution in [0.1, 0.15) is 65.2 Å².